The number of aliphatic carboxylic acids is 1. The first kappa shape index (κ1) is 14.9. The van der Waals surface area contributed by atoms with E-state index >= 15 is 0 Å². The van der Waals surface area contributed by atoms with Crippen LogP contribution in [-0.4, -0.2) is 17.1 Å². The number of hydrogen-bond donors (Lipinski definition) is 2. The Morgan fingerprint density at radius 2 is 1.90 bits per heavy atom. The van der Waals surface area contributed by atoms with Crippen LogP contribution in [0.2, 0.25) is 0 Å². The van der Waals surface area contributed by atoms with Crippen LogP contribution in [-0.2, 0) is 4.79 Å². The lowest BCUT2D eigenvalue weighted by Gasteiger charge is -2.19. The molecule has 0 aliphatic carbocycles. The van der Waals surface area contributed by atoms with Crippen molar-refractivity contribution in [3.05, 3.63) is 42.0 Å². The maximum atomic E-state index is 11.4. The molecule has 0 aliphatic rings. The smallest absolute Gasteiger partial charge is 0.326 e. The van der Waals surface area contributed by atoms with Gasteiger partial charge in [0.15, 0.2) is 0 Å². The molecule has 4 heteroatoms. The molecule has 2 rings (SSSR count). The summed E-state index contributed by atoms with van der Waals surface area (Å²) in [5, 5.41) is 23.3. The minimum absolute atomic E-state index is 0.281. The number of nitrogens with one attached hydrogen (secondary N) is 1. The molecule has 2 aromatic carbocycles. The second kappa shape index (κ2) is 6.27. The van der Waals surface area contributed by atoms with E-state index in [0.717, 1.165) is 16.5 Å². The summed E-state index contributed by atoms with van der Waals surface area (Å²) >= 11 is 0. The number of carbonyl (C=O) groups is 1. The highest BCUT2D eigenvalue weighted by Crippen LogP contribution is 2.27. The molecule has 0 saturated carbocycles. The Morgan fingerprint density at radius 3 is 2.48 bits per heavy atom. The maximum absolute atomic E-state index is 11.4. The van der Waals surface area contributed by atoms with Crippen molar-refractivity contribution in [1.82, 2.24) is 0 Å². The Kier molecular flexibility index (Phi) is 4.44. The lowest BCUT2D eigenvalue weighted by molar-refractivity contribution is -0.138. The van der Waals surface area contributed by atoms with Crippen molar-refractivity contribution in [2.24, 2.45) is 5.92 Å². The number of rotatable bonds is 5. The Morgan fingerprint density at radius 1 is 1.24 bits per heavy atom. The van der Waals surface area contributed by atoms with Gasteiger partial charge in [-0.3, -0.25) is 0 Å². The van der Waals surface area contributed by atoms with Crippen molar-refractivity contribution in [1.29, 1.82) is 5.26 Å². The van der Waals surface area contributed by atoms with E-state index < -0.39 is 12.0 Å². The molecule has 1 unspecified atom stereocenters. The van der Waals surface area contributed by atoms with Gasteiger partial charge >= 0.3 is 5.97 Å². The van der Waals surface area contributed by atoms with Gasteiger partial charge in [0.05, 0.1) is 11.6 Å². The predicted molar refractivity (Wildman–Crippen MR) is 83.2 cm³/mol. The third-order valence-corrected chi connectivity index (χ3v) is 3.38. The average molecular weight is 282 g/mol. The van der Waals surface area contributed by atoms with Crippen LogP contribution in [0.1, 0.15) is 25.8 Å². The number of hydrogen-bond acceptors (Lipinski definition) is 3. The molecule has 2 N–H and O–H groups in total. The zero-order valence-corrected chi connectivity index (χ0v) is 12.1. The molecule has 0 spiro atoms. The number of fused-ring (bicyclic) bond motifs is 1. The van der Waals surface area contributed by atoms with E-state index in [1.807, 2.05) is 38.1 Å². The van der Waals surface area contributed by atoms with Crippen LogP contribution in [0.5, 0.6) is 0 Å². The first-order chi connectivity index (χ1) is 10.0. The van der Waals surface area contributed by atoms with Crippen molar-refractivity contribution in [3.63, 3.8) is 0 Å². The molecule has 21 heavy (non-hydrogen) atoms. The summed E-state index contributed by atoms with van der Waals surface area (Å²) in [6.07, 6.45) is 0.545. The van der Waals surface area contributed by atoms with Crippen LogP contribution >= 0.6 is 0 Å². The highest BCUT2D eigenvalue weighted by atomic mass is 16.4. The SMILES string of the molecule is CC(C)CC(Nc1ccc(C#N)c2ccccc12)C(=O)O. The van der Waals surface area contributed by atoms with Gasteiger partial charge in [0.1, 0.15) is 6.04 Å². The topological polar surface area (TPSA) is 73.1 Å². The highest BCUT2D eigenvalue weighted by Gasteiger charge is 2.19. The molecule has 1 atom stereocenters. The van der Waals surface area contributed by atoms with Gasteiger partial charge in [-0.2, -0.15) is 5.26 Å². The molecule has 108 valence electrons. The van der Waals surface area contributed by atoms with Gasteiger partial charge < -0.3 is 10.4 Å². The van der Waals surface area contributed by atoms with Gasteiger partial charge in [-0.15, -0.1) is 0 Å². The quantitative estimate of drug-likeness (QED) is 0.878. The molecule has 2 aromatic rings. The second-order valence-corrected chi connectivity index (χ2v) is 5.48. The minimum atomic E-state index is -0.864. The maximum Gasteiger partial charge on any atom is 0.326 e. The molecular formula is C17H18N2O2. The predicted octanol–water partition coefficient (Wildman–Crippen LogP) is 3.62. The third kappa shape index (κ3) is 3.32. The first-order valence-corrected chi connectivity index (χ1v) is 6.94. The first-order valence-electron chi connectivity index (χ1n) is 6.94. The Hall–Kier alpha value is -2.54. The van der Waals surface area contributed by atoms with E-state index in [0.29, 0.717) is 12.0 Å². The molecule has 0 heterocycles. The minimum Gasteiger partial charge on any atom is -0.480 e. The van der Waals surface area contributed by atoms with Gasteiger partial charge in [-0.25, -0.2) is 4.79 Å². The van der Waals surface area contributed by atoms with E-state index in [-0.39, 0.29) is 5.92 Å². The van der Waals surface area contributed by atoms with Crippen LogP contribution in [0.25, 0.3) is 10.8 Å². The molecule has 0 amide bonds. The van der Waals surface area contributed by atoms with Crippen molar-refractivity contribution >= 4 is 22.4 Å². The van der Waals surface area contributed by atoms with Crippen LogP contribution in [0.4, 0.5) is 5.69 Å². The van der Waals surface area contributed by atoms with E-state index in [1.54, 1.807) is 12.1 Å². The number of carboxylic acid groups (broad SMARTS) is 1. The van der Waals surface area contributed by atoms with Crippen LogP contribution in [0.15, 0.2) is 36.4 Å². The Labute approximate surface area is 124 Å². The molecule has 0 saturated heterocycles. The third-order valence-electron chi connectivity index (χ3n) is 3.38. The lowest BCUT2D eigenvalue weighted by Crippen LogP contribution is -2.30. The molecule has 0 radical (unpaired) electrons. The summed E-state index contributed by atoms with van der Waals surface area (Å²) in [4.78, 5) is 11.4. The second-order valence-electron chi connectivity index (χ2n) is 5.48. The standard InChI is InChI=1S/C17H18N2O2/c1-11(2)9-16(17(20)21)19-15-8-7-12(10-18)13-5-3-4-6-14(13)15/h3-8,11,16,19H,9H2,1-2H3,(H,20,21). The van der Waals surface area contributed by atoms with Gasteiger partial charge in [0, 0.05) is 16.5 Å². The van der Waals surface area contributed by atoms with Gasteiger partial charge in [-0.05, 0) is 24.5 Å². The van der Waals surface area contributed by atoms with Crippen LogP contribution in [0, 0.1) is 17.2 Å². The Balaban J connectivity index is 2.43. The zero-order valence-electron chi connectivity index (χ0n) is 12.1. The molecule has 0 aromatic heterocycles. The van der Waals surface area contributed by atoms with Crippen molar-refractivity contribution in [2.75, 3.05) is 5.32 Å². The highest BCUT2D eigenvalue weighted by molar-refractivity contribution is 5.98. The lowest BCUT2D eigenvalue weighted by atomic mass is 10.0. The zero-order chi connectivity index (χ0) is 15.4. The van der Waals surface area contributed by atoms with E-state index in [9.17, 15) is 9.90 Å². The van der Waals surface area contributed by atoms with Crippen molar-refractivity contribution < 1.29 is 9.90 Å². The number of nitriles is 1. The van der Waals surface area contributed by atoms with E-state index in [2.05, 4.69) is 11.4 Å². The molecule has 0 aliphatic heterocycles. The number of benzene rings is 2. The number of carboxylic acids is 1. The molecule has 0 bridgehead atoms. The van der Waals surface area contributed by atoms with E-state index in [4.69, 9.17) is 5.26 Å². The molecule has 4 nitrogen and oxygen atoms in total. The summed E-state index contributed by atoms with van der Waals surface area (Å²) in [5.74, 6) is -0.583. The van der Waals surface area contributed by atoms with Crippen LogP contribution in [0.3, 0.4) is 0 Å². The summed E-state index contributed by atoms with van der Waals surface area (Å²) in [6.45, 7) is 3.99. The van der Waals surface area contributed by atoms with Gasteiger partial charge in [0.25, 0.3) is 0 Å². The fourth-order valence-corrected chi connectivity index (χ4v) is 2.40. The Bertz CT molecular complexity index is 701. The summed E-state index contributed by atoms with van der Waals surface area (Å²) in [5.41, 5.74) is 1.34. The normalized spacial score (nSPS) is 12.1. The average Bonchev–Trinajstić information content (AvgIpc) is 2.46. The molecular weight excluding hydrogens is 264 g/mol. The summed E-state index contributed by atoms with van der Waals surface area (Å²) in [7, 11) is 0. The fraction of sp³-hybridized carbons (Fsp3) is 0.294. The fourth-order valence-electron chi connectivity index (χ4n) is 2.40. The molecule has 0 fully saturated rings. The van der Waals surface area contributed by atoms with Crippen LogP contribution < -0.4 is 5.32 Å². The summed E-state index contributed by atoms with van der Waals surface area (Å²) in [6, 6.07) is 12.5. The number of nitrogens with zero attached hydrogens (tertiary/aromatic N) is 1. The van der Waals surface area contributed by atoms with Crippen molar-refractivity contribution in [2.45, 2.75) is 26.3 Å². The monoisotopic (exact) mass is 282 g/mol. The van der Waals surface area contributed by atoms with Gasteiger partial charge in [0.2, 0.25) is 0 Å². The largest absolute Gasteiger partial charge is 0.480 e. The summed E-state index contributed by atoms with van der Waals surface area (Å²) < 4.78 is 0. The van der Waals surface area contributed by atoms with Crippen molar-refractivity contribution in [3.8, 4) is 6.07 Å². The number of anilines is 1. The van der Waals surface area contributed by atoms with Gasteiger partial charge in [-0.1, -0.05) is 38.1 Å². The van der Waals surface area contributed by atoms with E-state index in [1.165, 1.54) is 0 Å².